The fraction of sp³-hybridized carbons (Fsp3) is 0.562. The third-order valence-electron chi connectivity index (χ3n) is 4.51. The summed E-state index contributed by atoms with van der Waals surface area (Å²) in [6.45, 7) is 4.61. The van der Waals surface area contributed by atoms with Gasteiger partial charge in [-0.2, -0.15) is 4.98 Å². The molecule has 1 aliphatic carbocycles. The summed E-state index contributed by atoms with van der Waals surface area (Å²) in [4.78, 5) is 9.06. The van der Waals surface area contributed by atoms with Crippen LogP contribution in [0, 0.1) is 13.8 Å². The molecule has 0 unspecified atom stereocenters. The zero-order valence-electron chi connectivity index (χ0n) is 12.7. The Balaban J connectivity index is 1.95. The van der Waals surface area contributed by atoms with E-state index in [2.05, 4.69) is 21.2 Å². The van der Waals surface area contributed by atoms with Crippen LogP contribution in [0.1, 0.15) is 49.1 Å². The van der Waals surface area contributed by atoms with Crippen LogP contribution in [-0.4, -0.2) is 21.7 Å². The molecule has 1 saturated carbocycles. The second-order valence-corrected chi connectivity index (χ2v) is 6.15. The van der Waals surface area contributed by atoms with E-state index in [1.807, 2.05) is 20.0 Å². The summed E-state index contributed by atoms with van der Waals surface area (Å²) in [6.07, 6.45) is 7.52. The van der Waals surface area contributed by atoms with Crippen LogP contribution in [-0.2, 0) is 5.41 Å². The lowest BCUT2D eigenvalue weighted by molar-refractivity contribution is 0.220. The standard InChI is InChI=1S/C16H22N4O/c1-11-8-12(2)13(18-9-11)14-19-15(21-20-14)16(10-17)6-4-3-5-7-16/h8-9H,3-7,10,17H2,1-2H3. The maximum absolute atomic E-state index is 6.02. The van der Waals surface area contributed by atoms with Crippen LogP contribution in [0.4, 0.5) is 0 Å². The first kappa shape index (κ1) is 14.2. The molecule has 112 valence electrons. The lowest BCUT2D eigenvalue weighted by Gasteiger charge is -2.32. The van der Waals surface area contributed by atoms with Gasteiger partial charge in [-0.25, -0.2) is 0 Å². The first-order valence-electron chi connectivity index (χ1n) is 7.62. The quantitative estimate of drug-likeness (QED) is 0.938. The predicted molar refractivity (Wildman–Crippen MR) is 80.8 cm³/mol. The molecule has 0 spiro atoms. The van der Waals surface area contributed by atoms with Crippen LogP contribution < -0.4 is 5.73 Å². The van der Waals surface area contributed by atoms with Crippen molar-refractivity contribution in [2.45, 2.75) is 51.4 Å². The van der Waals surface area contributed by atoms with Crippen molar-refractivity contribution in [1.29, 1.82) is 0 Å². The molecule has 2 heterocycles. The fourth-order valence-corrected chi connectivity index (χ4v) is 3.22. The lowest BCUT2D eigenvalue weighted by Crippen LogP contribution is -2.37. The molecule has 0 atom stereocenters. The number of hydrogen-bond donors (Lipinski definition) is 1. The molecule has 2 aromatic rings. The number of aromatic nitrogens is 3. The van der Waals surface area contributed by atoms with E-state index in [9.17, 15) is 0 Å². The van der Waals surface area contributed by atoms with Crippen LogP contribution in [0.3, 0.4) is 0 Å². The van der Waals surface area contributed by atoms with Gasteiger partial charge in [0.15, 0.2) is 0 Å². The van der Waals surface area contributed by atoms with Crippen LogP contribution >= 0.6 is 0 Å². The van der Waals surface area contributed by atoms with E-state index in [0.29, 0.717) is 18.3 Å². The third kappa shape index (κ3) is 2.58. The highest BCUT2D eigenvalue weighted by Crippen LogP contribution is 2.38. The van der Waals surface area contributed by atoms with E-state index in [1.54, 1.807) is 0 Å². The molecule has 0 radical (unpaired) electrons. The molecule has 1 fully saturated rings. The first-order chi connectivity index (χ1) is 10.1. The zero-order chi connectivity index (χ0) is 14.9. The topological polar surface area (TPSA) is 77.8 Å². The Morgan fingerprint density at radius 2 is 2.00 bits per heavy atom. The van der Waals surface area contributed by atoms with Crippen molar-refractivity contribution in [3.8, 4) is 11.5 Å². The average Bonchev–Trinajstić information content (AvgIpc) is 2.98. The largest absolute Gasteiger partial charge is 0.338 e. The molecular formula is C16H22N4O. The number of nitrogens with two attached hydrogens (primary N) is 1. The second kappa shape index (κ2) is 5.56. The zero-order valence-corrected chi connectivity index (χ0v) is 12.7. The van der Waals surface area contributed by atoms with Crippen LogP contribution in [0.2, 0.25) is 0 Å². The minimum absolute atomic E-state index is 0.137. The number of pyridine rings is 1. The van der Waals surface area contributed by atoms with Gasteiger partial charge in [0.2, 0.25) is 11.7 Å². The van der Waals surface area contributed by atoms with E-state index in [0.717, 1.165) is 29.7 Å². The first-order valence-corrected chi connectivity index (χ1v) is 7.62. The molecule has 2 aromatic heterocycles. The second-order valence-electron chi connectivity index (χ2n) is 6.15. The van der Waals surface area contributed by atoms with E-state index in [1.165, 1.54) is 19.3 Å². The SMILES string of the molecule is Cc1cnc(-c2noc(C3(CN)CCCCC3)n2)c(C)c1. The summed E-state index contributed by atoms with van der Waals surface area (Å²) >= 11 is 0. The van der Waals surface area contributed by atoms with Gasteiger partial charge in [-0.1, -0.05) is 30.5 Å². The van der Waals surface area contributed by atoms with Gasteiger partial charge >= 0.3 is 0 Å². The maximum atomic E-state index is 6.02. The van der Waals surface area contributed by atoms with E-state index in [4.69, 9.17) is 10.3 Å². The number of nitrogens with zero attached hydrogens (tertiary/aromatic N) is 3. The molecule has 0 saturated heterocycles. The minimum Gasteiger partial charge on any atom is -0.338 e. The lowest BCUT2D eigenvalue weighted by atomic mass is 9.74. The summed E-state index contributed by atoms with van der Waals surface area (Å²) in [7, 11) is 0. The highest BCUT2D eigenvalue weighted by molar-refractivity contribution is 5.54. The predicted octanol–water partition coefficient (Wildman–Crippen LogP) is 2.91. The molecule has 2 N–H and O–H groups in total. The van der Waals surface area contributed by atoms with Gasteiger partial charge in [0.25, 0.3) is 0 Å². The maximum Gasteiger partial charge on any atom is 0.234 e. The summed E-state index contributed by atoms with van der Waals surface area (Å²) in [5, 5.41) is 4.14. The molecule has 0 aromatic carbocycles. The Kier molecular flexibility index (Phi) is 3.76. The van der Waals surface area contributed by atoms with Crippen LogP contribution in [0.25, 0.3) is 11.5 Å². The third-order valence-corrected chi connectivity index (χ3v) is 4.51. The normalized spacial score (nSPS) is 17.9. The minimum atomic E-state index is -0.137. The van der Waals surface area contributed by atoms with Gasteiger partial charge in [0, 0.05) is 12.7 Å². The molecule has 0 aliphatic heterocycles. The van der Waals surface area contributed by atoms with E-state index in [-0.39, 0.29) is 5.41 Å². The summed E-state index contributed by atoms with van der Waals surface area (Å²) in [5.74, 6) is 1.25. The van der Waals surface area contributed by atoms with E-state index >= 15 is 0 Å². The highest BCUT2D eigenvalue weighted by Gasteiger charge is 2.38. The number of aryl methyl sites for hydroxylation is 2. The van der Waals surface area contributed by atoms with Gasteiger partial charge in [-0.05, 0) is 37.8 Å². The smallest absolute Gasteiger partial charge is 0.234 e. The van der Waals surface area contributed by atoms with Crippen LogP contribution in [0.5, 0.6) is 0 Å². The molecule has 3 rings (SSSR count). The highest BCUT2D eigenvalue weighted by atomic mass is 16.5. The van der Waals surface area contributed by atoms with Crippen molar-refractivity contribution in [3.63, 3.8) is 0 Å². The van der Waals surface area contributed by atoms with Crippen molar-refractivity contribution in [2.75, 3.05) is 6.54 Å². The Bertz CT molecular complexity index is 629. The molecule has 0 amide bonds. The van der Waals surface area contributed by atoms with Gasteiger partial charge in [-0.15, -0.1) is 0 Å². The molecular weight excluding hydrogens is 264 g/mol. The van der Waals surface area contributed by atoms with Crippen molar-refractivity contribution in [1.82, 2.24) is 15.1 Å². The summed E-state index contributed by atoms with van der Waals surface area (Å²) in [5.41, 5.74) is 8.87. The van der Waals surface area contributed by atoms with Gasteiger partial charge in [0.1, 0.15) is 5.69 Å². The molecule has 21 heavy (non-hydrogen) atoms. The van der Waals surface area contributed by atoms with Crippen molar-refractivity contribution >= 4 is 0 Å². The Hall–Kier alpha value is -1.75. The summed E-state index contributed by atoms with van der Waals surface area (Å²) < 4.78 is 5.56. The van der Waals surface area contributed by atoms with Crippen LogP contribution in [0.15, 0.2) is 16.8 Å². The molecule has 5 heteroatoms. The van der Waals surface area contributed by atoms with E-state index < -0.39 is 0 Å². The Labute approximate surface area is 125 Å². The molecule has 0 bridgehead atoms. The van der Waals surface area contributed by atoms with Crippen molar-refractivity contribution in [3.05, 3.63) is 29.3 Å². The monoisotopic (exact) mass is 286 g/mol. The van der Waals surface area contributed by atoms with Crippen molar-refractivity contribution < 1.29 is 4.52 Å². The average molecular weight is 286 g/mol. The Morgan fingerprint density at radius 3 is 2.67 bits per heavy atom. The Morgan fingerprint density at radius 1 is 1.24 bits per heavy atom. The fourth-order valence-electron chi connectivity index (χ4n) is 3.22. The number of rotatable bonds is 3. The molecule has 1 aliphatic rings. The molecule has 5 nitrogen and oxygen atoms in total. The van der Waals surface area contributed by atoms with Gasteiger partial charge in [0.05, 0.1) is 5.41 Å². The van der Waals surface area contributed by atoms with Crippen molar-refractivity contribution in [2.24, 2.45) is 5.73 Å². The number of hydrogen-bond acceptors (Lipinski definition) is 5. The summed E-state index contributed by atoms with van der Waals surface area (Å²) in [6, 6.07) is 2.08. The van der Waals surface area contributed by atoms with Gasteiger partial charge < -0.3 is 10.3 Å². The van der Waals surface area contributed by atoms with Gasteiger partial charge in [-0.3, -0.25) is 4.98 Å².